The normalized spacial score (nSPS) is 14.1. The Morgan fingerprint density at radius 3 is 1.97 bits per heavy atom. The van der Waals surface area contributed by atoms with E-state index in [1.807, 2.05) is 51.1 Å². The monoisotopic (exact) mass is 508 g/mol. The number of carbonyl (C=O) groups is 4. The first kappa shape index (κ1) is 30.5. The Morgan fingerprint density at radius 1 is 0.889 bits per heavy atom. The summed E-state index contributed by atoms with van der Waals surface area (Å²) in [7, 11) is 0. The fourth-order valence-electron chi connectivity index (χ4n) is 3.82. The molecule has 0 aromatic heterocycles. The molecule has 1 rings (SSSR count). The Labute approximate surface area is 212 Å². The summed E-state index contributed by atoms with van der Waals surface area (Å²) in [5.41, 5.74) is -1.50. The van der Waals surface area contributed by atoms with Gasteiger partial charge in [-0.2, -0.15) is 0 Å². The Kier molecular flexibility index (Phi) is 11.0. The van der Waals surface area contributed by atoms with Crippen molar-refractivity contribution in [2.75, 3.05) is 13.1 Å². The second-order valence-corrected chi connectivity index (χ2v) is 10.8. The molecule has 0 aliphatic rings. The number of amides is 4. The summed E-state index contributed by atoms with van der Waals surface area (Å²) < 4.78 is 5.13. The third-order valence-corrected chi connectivity index (χ3v) is 5.60. The number of nitrogens with one attached hydrogen (secondary N) is 4. The van der Waals surface area contributed by atoms with Gasteiger partial charge in [0.15, 0.2) is 0 Å². The highest BCUT2D eigenvalue weighted by molar-refractivity contribution is 5.77. The van der Waals surface area contributed by atoms with Gasteiger partial charge in [0.25, 0.3) is 0 Å². The van der Waals surface area contributed by atoms with Crippen LogP contribution < -0.4 is 21.3 Å². The van der Waals surface area contributed by atoms with Crippen molar-refractivity contribution in [3.63, 3.8) is 0 Å². The maximum atomic E-state index is 12.6. The van der Waals surface area contributed by atoms with Crippen molar-refractivity contribution in [1.29, 1.82) is 0 Å². The molecule has 0 saturated carbocycles. The molecule has 0 bridgehead atoms. The minimum Gasteiger partial charge on any atom is -0.465 e. The summed E-state index contributed by atoms with van der Waals surface area (Å²) >= 11 is 0. The lowest BCUT2D eigenvalue weighted by molar-refractivity contribution is -0.121. The number of benzene rings is 1. The van der Waals surface area contributed by atoms with Gasteiger partial charge in [0.2, 0.25) is 5.91 Å². The lowest BCUT2D eigenvalue weighted by Crippen LogP contribution is -2.61. The Bertz CT molecular complexity index is 894. The molecule has 0 aliphatic heterocycles. The van der Waals surface area contributed by atoms with E-state index in [1.165, 1.54) is 0 Å². The number of hydrogen-bond acceptors (Lipinski definition) is 5. The summed E-state index contributed by atoms with van der Waals surface area (Å²) in [6, 6.07) is 8.40. The van der Waals surface area contributed by atoms with E-state index < -0.39 is 46.8 Å². The molecule has 202 valence electrons. The van der Waals surface area contributed by atoms with Crippen molar-refractivity contribution >= 4 is 24.2 Å². The average molecular weight is 509 g/mol. The zero-order valence-electron chi connectivity index (χ0n) is 21.9. The molecule has 2 atom stereocenters. The third kappa shape index (κ3) is 11.3. The SMILES string of the molecule is CC(C)(C)OC(=O)NCCNC(=O)CC(CC(Cc1ccccc1)(NC(=O)O)C(C)(C)C)NC(=O)O. The summed E-state index contributed by atoms with van der Waals surface area (Å²) in [6.07, 6.45) is -3.06. The van der Waals surface area contributed by atoms with Crippen molar-refractivity contribution in [3.05, 3.63) is 35.9 Å². The number of alkyl carbamates (subject to hydrolysis) is 1. The first-order valence-corrected chi connectivity index (χ1v) is 11.8. The van der Waals surface area contributed by atoms with E-state index in [1.54, 1.807) is 20.8 Å². The van der Waals surface area contributed by atoms with Gasteiger partial charge >= 0.3 is 18.3 Å². The summed E-state index contributed by atoms with van der Waals surface area (Å²) in [4.78, 5) is 47.7. The van der Waals surface area contributed by atoms with Crippen LogP contribution in [0.3, 0.4) is 0 Å². The van der Waals surface area contributed by atoms with Crippen LogP contribution in [0.5, 0.6) is 0 Å². The van der Waals surface area contributed by atoms with Crippen LogP contribution in [0.15, 0.2) is 30.3 Å². The summed E-state index contributed by atoms with van der Waals surface area (Å²) in [5, 5.41) is 29.2. The molecule has 0 spiro atoms. The molecular weight excluding hydrogens is 468 g/mol. The minimum atomic E-state index is -1.32. The standard InChI is InChI=1S/C25H40N4O7/c1-23(2,3)25(29-21(33)34,15-17-10-8-7-9-11-17)16-18(28-20(31)32)14-19(30)26-12-13-27-22(35)36-24(4,5)6/h7-11,18,28-29H,12-16H2,1-6H3,(H,26,30)(H,27,35)(H,31,32)(H,33,34). The largest absolute Gasteiger partial charge is 0.465 e. The van der Waals surface area contributed by atoms with E-state index in [0.717, 1.165) is 5.56 Å². The van der Waals surface area contributed by atoms with Crippen molar-refractivity contribution in [3.8, 4) is 0 Å². The van der Waals surface area contributed by atoms with E-state index in [0.29, 0.717) is 6.42 Å². The maximum Gasteiger partial charge on any atom is 0.407 e. The molecule has 11 nitrogen and oxygen atoms in total. The van der Waals surface area contributed by atoms with Crippen LogP contribution >= 0.6 is 0 Å². The molecule has 0 aliphatic carbocycles. The van der Waals surface area contributed by atoms with Crippen molar-refractivity contribution in [2.24, 2.45) is 5.41 Å². The number of carboxylic acid groups (broad SMARTS) is 2. The molecule has 0 fully saturated rings. The van der Waals surface area contributed by atoms with Gasteiger partial charge in [-0.25, -0.2) is 14.4 Å². The molecule has 6 N–H and O–H groups in total. The van der Waals surface area contributed by atoms with E-state index in [-0.39, 0.29) is 25.9 Å². The molecule has 2 unspecified atom stereocenters. The number of ether oxygens (including phenoxy) is 1. The Hall–Kier alpha value is -3.50. The van der Waals surface area contributed by atoms with E-state index in [2.05, 4.69) is 21.3 Å². The first-order chi connectivity index (χ1) is 16.5. The van der Waals surface area contributed by atoms with Crippen LogP contribution in [-0.4, -0.2) is 64.7 Å². The molecule has 0 saturated heterocycles. The highest BCUT2D eigenvalue weighted by atomic mass is 16.6. The van der Waals surface area contributed by atoms with Gasteiger partial charge in [0, 0.05) is 25.6 Å². The fraction of sp³-hybridized carbons (Fsp3) is 0.600. The quantitative estimate of drug-likeness (QED) is 0.249. The second kappa shape index (κ2) is 13.0. The zero-order valence-corrected chi connectivity index (χ0v) is 21.9. The van der Waals surface area contributed by atoms with Crippen LogP contribution in [0.4, 0.5) is 14.4 Å². The van der Waals surface area contributed by atoms with Crippen molar-refractivity contribution < 1.29 is 34.1 Å². The Morgan fingerprint density at radius 2 is 1.47 bits per heavy atom. The van der Waals surface area contributed by atoms with Crippen LogP contribution in [0.2, 0.25) is 0 Å². The average Bonchev–Trinajstić information content (AvgIpc) is 2.68. The highest BCUT2D eigenvalue weighted by Crippen LogP contribution is 2.38. The smallest absolute Gasteiger partial charge is 0.407 e. The van der Waals surface area contributed by atoms with Crippen LogP contribution in [0.1, 0.15) is 59.9 Å². The van der Waals surface area contributed by atoms with E-state index in [4.69, 9.17) is 4.74 Å². The van der Waals surface area contributed by atoms with Crippen molar-refractivity contribution in [2.45, 2.75) is 78.0 Å². The molecule has 36 heavy (non-hydrogen) atoms. The molecule has 0 radical (unpaired) electrons. The van der Waals surface area contributed by atoms with Gasteiger partial charge in [-0.1, -0.05) is 51.1 Å². The molecule has 4 amide bonds. The number of hydrogen-bond donors (Lipinski definition) is 6. The highest BCUT2D eigenvalue weighted by Gasteiger charge is 2.45. The Balaban J connectivity index is 2.97. The first-order valence-electron chi connectivity index (χ1n) is 11.8. The van der Waals surface area contributed by atoms with Gasteiger partial charge in [-0.15, -0.1) is 0 Å². The van der Waals surface area contributed by atoms with Gasteiger partial charge in [0.05, 0.1) is 5.54 Å². The van der Waals surface area contributed by atoms with Crippen LogP contribution in [0, 0.1) is 5.41 Å². The second-order valence-electron chi connectivity index (χ2n) is 10.8. The lowest BCUT2D eigenvalue weighted by atomic mass is 9.66. The zero-order chi connectivity index (χ0) is 27.6. The third-order valence-electron chi connectivity index (χ3n) is 5.60. The number of carbonyl (C=O) groups excluding carboxylic acids is 2. The van der Waals surface area contributed by atoms with E-state index in [9.17, 15) is 29.4 Å². The van der Waals surface area contributed by atoms with Crippen LogP contribution in [-0.2, 0) is 16.0 Å². The van der Waals surface area contributed by atoms with E-state index >= 15 is 0 Å². The predicted octanol–water partition coefficient (Wildman–Crippen LogP) is 3.34. The summed E-state index contributed by atoms with van der Waals surface area (Å²) in [6.45, 7) is 11.0. The van der Waals surface area contributed by atoms with Gasteiger partial charge in [-0.05, 0) is 44.6 Å². The fourth-order valence-corrected chi connectivity index (χ4v) is 3.82. The molecule has 0 heterocycles. The minimum absolute atomic E-state index is 0.0353. The summed E-state index contributed by atoms with van der Waals surface area (Å²) in [5.74, 6) is -0.447. The number of rotatable bonds is 11. The lowest BCUT2D eigenvalue weighted by Gasteiger charge is -2.47. The van der Waals surface area contributed by atoms with Gasteiger partial charge in [-0.3, -0.25) is 4.79 Å². The molecule has 11 heteroatoms. The topological polar surface area (TPSA) is 166 Å². The van der Waals surface area contributed by atoms with Gasteiger partial charge < -0.3 is 36.2 Å². The van der Waals surface area contributed by atoms with Gasteiger partial charge in [0.1, 0.15) is 5.60 Å². The predicted molar refractivity (Wildman–Crippen MR) is 135 cm³/mol. The van der Waals surface area contributed by atoms with Crippen LogP contribution in [0.25, 0.3) is 0 Å². The maximum absolute atomic E-state index is 12.6. The van der Waals surface area contributed by atoms with Crippen molar-refractivity contribution in [1.82, 2.24) is 21.3 Å². The molecule has 1 aromatic rings. The molecule has 1 aromatic carbocycles. The molecular formula is C25H40N4O7.